The molecule has 1 aliphatic carbocycles. The molecule has 2 nitrogen and oxygen atoms in total. The summed E-state index contributed by atoms with van der Waals surface area (Å²) in [5.74, 6) is 0. The number of hydrogen-bond donors (Lipinski definition) is 0. The van der Waals surface area contributed by atoms with Crippen molar-refractivity contribution in [3.63, 3.8) is 0 Å². The van der Waals surface area contributed by atoms with Crippen molar-refractivity contribution in [3.05, 3.63) is 0 Å². The van der Waals surface area contributed by atoms with Gasteiger partial charge in [-0.2, -0.15) is 0 Å². The highest BCUT2D eigenvalue weighted by molar-refractivity contribution is 4.63. The highest BCUT2D eigenvalue weighted by atomic mass is 16.7. The molecule has 0 bridgehead atoms. The van der Waals surface area contributed by atoms with Crippen LogP contribution in [0.3, 0.4) is 0 Å². The molecule has 1 saturated carbocycles. The van der Waals surface area contributed by atoms with E-state index in [1.165, 1.54) is 51.4 Å². The highest BCUT2D eigenvalue weighted by Gasteiger charge is 2.15. The Hall–Kier alpha value is -0.0800. The van der Waals surface area contributed by atoms with Crippen molar-refractivity contribution in [2.24, 2.45) is 0 Å². The van der Waals surface area contributed by atoms with Crippen molar-refractivity contribution in [2.75, 3.05) is 0 Å². The molecule has 1 unspecified atom stereocenters. The van der Waals surface area contributed by atoms with Crippen molar-refractivity contribution in [1.29, 1.82) is 0 Å². The summed E-state index contributed by atoms with van der Waals surface area (Å²) in [7, 11) is 0. The minimum absolute atomic E-state index is 0.0502. The summed E-state index contributed by atoms with van der Waals surface area (Å²) in [6.45, 7) is 6.14. The molecule has 0 heterocycles. The van der Waals surface area contributed by atoms with Crippen molar-refractivity contribution >= 4 is 0 Å². The van der Waals surface area contributed by atoms with Gasteiger partial charge in [0.25, 0.3) is 0 Å². The molecule has 0 aromatic heterocycles. The molecule has 0 aromatic rings. The first-order chi connectivity index (χ1) is 7.68. The molecule has 0 spiro atoms. The van der Waals surface area contributed by atoms with E-state index in [0.717, 1.165) is 0 Å². The lowest BCUT2D eigenvalue weighted by Gasteiger charge is -2.23. The Morgan fingerprint density at radius 3 is 1.81 bits per heavy atom. The summed E-state index contributed by atoms with van der Waals surface area (Å²) >= 11 is 0. The standard InChI is InChI=1S/C14H28O2/c1-12(2)15-13(3)16-14-10-8-6-4-5-7-9-11-14/h12-14H,4-11H2,1-3H3. The second-order valence-corrected chi connectivity index (χ2v) is 5.21. The molecule has 0 amide bonds. The van der Waals surface area contributed by atoms with Gasteiger partial charge in [0.15, 0.2) is 6.29 Å². The molecule has 96 valence electrons. The smallest absolute Gasteiger partial charge is 0.155 e. The predicted molar refractivity (Wildman–Crippen MR) is 67.5 cm³/mol. The molecule has 0 aromatic carbocycles. The van der Waals surface area contributed by atoms with E-state index in [1.807, 2.05) is 6.92 Å². The Bertz CT molecular complexity index is 158. The normalized spacial score (nSPS) is 22.5. The molecule has 0 saturated heterocycles. The van der Waals surface area contributed by atoms with Gasteiger partial charge >= 0.3 is 0 Å². The minimum Gasteiger partial charge on any atom is -0.350 e. The van der Waals surface area contributed by atoms with Crippen LogP contribution in [0.2, 0.25) is 0 Å². The fourth-order valence-corrected chi connectivity index (χ4v) is 2.42. The lowest BCUT2D eigenvalue weighted by atomic mass is 10.1. The van der Waals surface area contributed by atoms with Crippen LogP contribution in [-0.2, 0) is 9.47 Å². The van der Waals surface area contributed by atoms with E-state index < -0.39 is 0 Å². The molecule has 0 radical (unpaired) electrons. The van der Waals surface area contributed by atoms with Crippen LogP contribution in [0.25, 0.3) is 0 Å². The Kier molecular flexibility index (Phi) is 7.06. The van der Waals surface area contributed by atoms with Gasteiger partial charge in [-0.1, -0.05) is 38.5 Å². The molecular formula is C14H28O2. The van der Waals surface area contributed by atoms with Crippen molar-refractivity contribution in [2.45, 2.75) is 90.6 Å². The molecule has 1 rings (SSSR count). The van der Waals surface area contributed by atoms with Crippen molar-refractivity contribution < 1.29 is 9.47 Å². The van der Waals surface area contributed by atoms with Gasteiger partial charge in [-0.3, -0.25) is 0 Å². The van der Waals surface area contributed by atoms with E-state index in [1.54, 1.807) is 0 Å². The predicted octanol–water partition coefficient (Wildman–Crippen LogP) is 4.28. The summed E-state index contributed by atoms with van der Waals surface area (Å²) in [4.78, 5) is 0. The summed E-state index contributed by atoms with van der Waals surface area (Å²) in [5.41, 5.74) is 0. The van der Waals surface area contributed by atoms with Crippen LogP contribution in [0.5, 0.6) is 0 Å². The maximum Gasteiger partial charge on any atom is 0.155 e. The van der Waals surface area contributed by atoms with Crippen LogP contribution in [-0.4, -0.2) is 18.5 Å². The summed E-state index contributed by atoms with van der Waals surface area (Å²) in [5, 5.41) is 0. The van der Waals surface area contributed by atoms with E-state index in [2.05, 4.69) is 13.8 Å². The third kappa shape index (κ3) is 6.49. The maximum atomic E-state index is 5.97. The van der Waals surface area contributed by atoms with Gasteiger partial charge < -0.3 is 9.47 Å². The molecular weight excluding hydrogens is 200 g/mol. The van der Waals surface area contributed by atoms with Gasteiger partial charge in [-0.05, 0) is 33.6 Å². The zero-order chi connectivity index (χ0) is 11.8. The fourth-order valence-electron chi connectivity index (χ4n) is 2.42. The van der Waals surface area contributed by atoms with E-state index in [0.29, 0.717) is 6.10 Å². The average Bonchev–Trinajstić information content (AvgIpc) is 2.30. The van der Waals surface area contributed by atoms with Gasteiger partial charge in [0.2, 0.25) is 0 Å². The molecule has 0 N–H and O–H groups in total. The monoisotopic (exact) mass is 228 g/mol. The molecule has 16 heavy (non-hydrogen) atoms. The quantitative estimate of drug-likeness (QED) is 0.669. The Labute approximate surface area is 101 Å². The molecule has 1 atom stereocenters. The lowest BCUT2D eigenvalue weighted by molar-refractivity contribution is -0.180. The third-order valence-electron chi connectivity index (χ3n) is 3.15. The minimum atomic E-state index is -0.0502. The molecule has 2 heteroatoms. The van der Waals surface area contributed by atoms with Crippen molar-refractivity contribution in [3.8, 4) is 0 Å². The van der Waals surface area contributed by atoms with Crippen LogP contribution in [0.4, 0.5) is 0 Å². The van der Waals surface area contributed by atoms with Crippen LogP contribution in [0, 0.1) is 0 Å². The van der Waals surface area contributed by atoms with Gasteiger partial charge in [-0.25, -0.2) is 0 Å². The topological polar surface area (TPSA) is 18.5 Å². The fraction of sp³-hybridized carbons (Fsp3) is 1.00. The van der Waals surface area contributed by atoms with Gasteiger partial charge in [0.05, 0.1) is 12.2 Å². The van der Waals surface area contributed by atoms with Crippen LogP contribution in [0.15, 0.2) is 0 Å². The summed E-state index contributed by atoms with van der Waals surface area (Å²) < 4.78 is 11.6. The summed E-state index contributed by atoms with van der Waals surface area (Å²) in [6, 6.07) is 0. The van der Waals surface area contributed by atoms with Crippen LogP contribution < -0.4 is 0 Å². The second-order valence-electron chi connectivity index (χ2n) is 5.21. The van der Waals surface area contributed by atoms with E-state index in [4.69, 9.17) is 9.47 Å². The van der Waals surface area contributed by atoms with E-state index in [9.17, 15) is 0 Å². The first-order valence-corrected chi connectivity index (χ1v) is 6.99. The second kappa shape index (κ2) is 8.08. The zero-order valence-electron chi connectivity index (χ0n) is 11.2. The Balaban J connectivity index is 2.25. The lowest BCUT2D eigenvalue weighted by Crippen LogP contribution is -2.24. The SMILES string of the molecule is CC(C)OC(C)OC1CCCCCCCC1. The van der Waals surface area contributed by atoms with Crippen molar-refractivity contribution in [1.82, 2.24) is 0 Å². The Morgan fingerprint density at radius 2 is 1.31 bits per heavy atom. The van der Waals surface area contributed by atoms with Crippen LogP contribution in [0.1, 0.15) is 72.1 Å². The highest BCUT2D eigenvalue weighted by Crippen LogP contribution is 2.20. The van der Waals surface area contributed by atoms with Gasteiger partial charge in [-0.15, -0.1) is 0 Å². The molecule has 0 aliphatic heterocycles. The zero-order valence-corrected chi connectivity index (χ0v) is 11.2. The number of rotatable bonds is 4. The maximum absolute atomic E-state index is 5.97. The first kappa shape index (κ1) is 14.0. The van der Waals surface area contributed by atoms with E-state index >= 15 is 0 Å². The largest absolute Gasteiger partial charge is 0.350 e. The third-order valence-corrected chi connectivity index (χ3v) is 3.15. The summed E-state index contributed by atoms with van der Waals surface area (Å²) in [6.07, 6.45) is 11.3. The number of hydrogen-bond acceptors (Lipinski definition) is 2. The molecule has 1 aliphatic rings. The van der Waals surface area contributed by atoms with E-state index in [-0.39, 0.29) is 12.4 Å². The molecule has 1 fully saturated rings. The average molecular weight is 228 g/mol. The van der Waals surface area contributed by atoms with Crippen LogP contribution >= 0.6 is 0 Å². The first-order valence-electron chi connectivity index (χ1n) is 6.99. The Morgan fingerprint density at radius 1 is 0.812 bits per heavy atom. The van der Waals surface area contributed by atoms with Gasteiger partial charge in [0.1, 0.15) is 0 Å². The number of ether oxygens (including phenoxy) is 2. The van der Waals surface area contributed by atoms with Gasteiger partial charge in [0, 0.05) is 0 Å².